The molecular weight excluding hydrogens is 530 g/mol. The van der Waals surface area contributed by atoms with Crippen molar-refractivity contribution in [2.75, 3.05) is 13.7 Å². The quantitative estimate of drug-likeness (QED) is 0.256. The fourth-order valence-corrected chi connectivity index (χ4v) is 4.28. The predicted octanol–water partition coefficient (Wildman–Crippen LogP) is 6.62. The number of furan rings is 1. The lowest BCUT2D eigenvalue weighted by Gasteiger charge is -2.09. The Labute approximate surface area is 169 Å². The predicted molar refractivity (Wildman–Crippen MR) is 115 cm³/mol. The SMILES string of the molecule is COc1ccc2c(oc3c(I)c(OCCCC(C)C)ccc32)c1I. The molecule has 0 fully saturated rings. The van der Waals surface area contributed by atoms with E-state index in [9.17, 15) is 0 Å². The van der Waals surface area contributed by atoms with Gasteiger partial charge in [0.1, 0.15) is 11.5 Å². The lowest BCUT2D eigenvalue weighted by Crippen LogP contribution is -2.00. The fourth-order valence-electron chi connectivity index (χ4n) is 2.74. The van der Waals surface area contributed by atoms with Crippen LogP contribution in [0.25, 0.3) is 21.9 Å². The number of hydrogen-bond donors (Lipinski definition) is 0. The van der Waals surface area contributed by atoms with Gasteiger partial charge in [-0.2, -0.15) is 0 Å². The molecule has 0 aliphatic rings. The number of halogens is 2. The van der Waals surface area contributed by atoms with Gasteiger partial charge in [0.05, 0.1) is 20.9 Å². The Morgan fingerprint density at radius 2 is 1.54 bits per heavy atom. The minimum absolute atomic E-state index is 0.711. The van der Waals surface area contributed by atoms with Crippen LogP contribution in [0.5, 0.6) is 11.5 Å². The molecule has 2 aromatic carbocycles. The maximum Gasteiger partial charge on any atom is 0.152 e. The molecule has 0 aliphatic heterocycles. The molecule has 1 heterocycles. The molecule has 0 amide bonds. The lowest BCUT2D eigenvalue weighted by molar-refractivity contribution is 0.296. The van der Waals surface area contributed by atoms with Crippen molar-refractivity contribution in [3.05, 3.63) is 31.4 Å². The van der Waals surface area contributed by atoms with Gasteiger partial charge in [-0.1, -0.05) is 13.8 Å². The molecule has 0 atom stereocenters. The first-order valence-corrected chi connectivity index (χ1v) is 10.2. The number of fused-ring (bicyclic) bond motifs is 3. The van der Waals surface area contributed by atoms with Gasteiger partial charge < -0.3 is 13.9 Å². The molecule has 0 spiro atoms. The van der Waals surface area contributed by atoms with Gasteiger partial charge in [0.25, 0.3) is 0 Å². The Morgan fingerprint density at radius 3 is 2.12 bits per heavy atom. The van der Waals surface area contributed by atoms with E-state index in [2.05, 4.69) is 71.2 Å². The van der Waals surface area contributed by atoms with Gasteiger partial charge in [0, 0.05) is 10.8 Å². The molecule has 0 bridgehead atoms. The van der Waals surface area contributed by atoms with Gasteiger partial charge in [-0.25, -0.2) is 0 Å². The summed E-state index contributed by atoms with van der Waals surface area (Å²) in [5, 5.41) is 2.23. The van der Waals surface area contributed by atoms with Gasteiger partial charge >= 0.3 is 0 Å². The zero-order chi connectivity index (χ0) is 17.3. The fraction of sp³-hybridized carbons (Fsp3) is 0.368. The van der Waals surface area contributed by atoms with E-state index >= 15 is 0 Å². The molecule has 0 N–H and O–H groups in total. The summed E-state index contributed by atoms with van der Waals surface area (Å²) in [6, 6.07) is 8.18. The van der Waals surface area contributed by atoms with Gasteiger partial charge in [-0.15, -0.1) is 0 Å². The van der Waals surface area contributed by atoms with Crippen molar-refractivity contribution >= 4 is 67.1 Å². The number of benzene rings is 2. The maximum absolute atomic E-state index is 6.17. The minimum Gasteiger partial charge on any atom is -0.496 e. The molecule has 0 unspecified atom stereocenters. The molecule has 0 saturated carbocycles. The molecule has 3 nitrogen and oxygen atoms in total. The molecular formula is C19H20I2O3. The number of hydrogen-bond acceptors (Lipinski definition) is 3. The van der Waals surface area contributed by atoms with Crippen molar-refractivity contribution in [1.82, 2.24) is 0 Å². The van der Waals surface area contributed by atoms with Crippen LogP contribution in [-0.2, 0) is 0 Å². The zero-order valence-electron chi connectivity index (χ0n) is 14.0. The third kappa shape index (κ3) is 3.47. The van der Waals surface area contributed by atoms with Gasteiger partial charge in [-0.05, 0) is 88.2 Å². The zero-order valence-corrected chi connectivity index (χ0v) is 18.3. The monoisotopic (exact) mass is 550 g/mol. The van der Waals surface area contributed by atoms with E-state index in [0.717, 1.165) is 53.6 Å². The van der Waals surface area contributed by atoms with Crippen LogP contribution in [0.4, 0.5) is 0 Å². The van der Waals surface area contributed by atoms with E-state index in [1.54, 1.807) is 7.11 Å². The van der Waals surface area contributed by atoms with E-state index in [1.807, 2.05) is 12.1 Å². The van der Waals surface area contributed by atoms with E-state index < -0.39 is 0 Å². The van der Waals surface area contributed by atoms with Crippen LogP contribution in [0.15, 0.2) is 28.7 Å². The van der Waals surface area contributed by atoms with Crippen molar-refractivity contribution in [2.24, 2.45) is 5.92 Å². The number of rotatable bonds is 6. The van der Waals surface area contributed by atoms with Crippen LogP contribution in [0, 0.1) is 13.1 Å². The molecule has 1 aromatic heterocycles. The highest BCUT2D eigenvalue weighted by Crippen LogP contribution is 2.40. The summed E-state index contributed by atoms with van der Waals surface area (Å²) < 4.78 is 19.6. The summed E-state index contributed by atoms with van der Waals surface area (Å²) in [5.74, 6) is 2.44. The topological polar surface area (TPSA) is 31.6 Å². The summed E-state index contributed by atoms with van der Waals surface area (Å²) in [6.07, 6.45) is 2.25. The van der Waals surface area contributed by atoms with Gasteiger partial charge in [0.15, 0.2) is 11.2 Å². The van der Waals surface area contributed by atoms with Gasteiger partial charge in [0.2, 0.25) is 0 Å². The number of ether oxygens (including phenoxy) is 2. The third-order valence-electron chi connectivity index (χ3n) is 4.02. The third-order valence-corrected chi connectivity index (χ3v) is 6.06. The molecule has 0 aliphatic carbocycles. The maximum atomic E-state index is 6.17. The Kier molecular flexibility index (Phi) is 5.79. The van der Waals surface area contributed by atoms with E-state index in [-0.39, 0.29) is 0 Å². The second-order valence-corrected chi connectivity index (χ2v) is 8.36. The normalized spacial score (nSPS) is 11.6. The first-order valence-electron chi connectivity index (χ1n) is 8.03. The molecule has 3 aromatic rings. The second-order valence-electron chi connectivity index (χ2n) is 6.20. The van der Waals surface area contributed by atoms with E-state index in [0.29, 0.717) is 5.92 Å². The summed E-state index contributed by atoms with van der Waals surface area (Å²) in [6.45, 7) is 5.21. The first kappa shape index (κ1) is 18.1. The molecule has 5 heteroatoms. The summed E-state index contributed by atoms with van der Waals surface area (Å²) in [4.78, 5) is 0. The van der Waals surface area contributed by atoms with Crippen molar-refractivity contribution in [1.29, 1.82) is 0 Å². The van der Waals surface area contributed by atoms with E-state index in [1.165, 1.54) is 6.42 Å². The Bertz CT molecular complexity index is 868. The largest absolute Gasteiger partial charge is 0.496 e. The average molecular weight is 550 g/mol. The smallest absolute Gasteiger partial charge is 0.152 e. The second kappa shape index (κ2) is 7.68. The van der Waals surface area contributed by atoms with Crippen LogP contribution >= 0.6 is 45.2 Å². The molecule has 24 heavy (non-hydrogen) atoms. The Balaban J connectivity index is 1.96. The minimum atomic E-state index is 0.711. The summed E-state index contributed by atoms with van der Waals surface area (Å²) in [7, 11) is 1.68. The van der Waals surface area contributed by atoms with Crippen LogP contribution in [0.1, 0.15) is 26.7 Å². The van der Waals surface area contributed by atoms with Crippen molar-refractivity contribution in [3.8, 4) is 11.5 Å². The van der Waals surface area contributed by atoms with Crippen molar-refractivity contribution < 1.29 is 13.9 Å². The summed E-state index contributed by atoms with van der Waals surface area (Å²) >= 11 is 4.59. The van der Waals surface area contributed by atoms with Crippen LogP contribution in [0.3, 0.4) is 0 Å². The van der Waals surface area contributed by atoms with Gasteiger partial charge in [-0.3, -0.25) is 0 Å². The molecule has 3 rings (SSSR count). The molecule has 0 saturated heterocycles. The van der Waals surface area contributed by atoms with Crippen molar-refractivity contribution in [3.63, 3.8) is 0 Å². The highest BCUT2D eigenvalue weighted by Gasteiger charge is 2.17. The Hall–Kier alpha value is -0.700. The van der Waals surface area contributed by atoms with Crippen LogP contribution < -0.4 is 9.47 Å². The van der Waals surface area contributed by atoms with E-state index in [4.69, 9.17) is 13.9 Å². The average Bonchev–Trinajstić information content (AvgIpc) is 2.94. The highest BCUT2D eigenvalue weighted by atomic mass is 127. The lowest BCUT2D eigenvalue weighted by atomic mass is 10.1. The highest BCUT2D eigenvalue weighted by molar-refractivity contribution is 14.1. The number of methoxy groups -OCH3 is 1. The Morgan fingerprint density at radius 1 is 0.958 bits per heavy atom. The first-order chi connectivity index (χ1) is 11.5. The van der Waals surface area contributed by atoms with Crippen LogP contribution in [-0.4, -0.2) is 13.7 Å². The van der Waals surface area contributed by atoms with Crippen LogP contribution in [0.2, 0.25) is 0 Å². The van der Waals surface area contributed by atoms with Crippen molar-refractivity contribution in [2.45, 2.75) is 26.7 Å². The summed E-state index contributed by atoms with van der Waals surface area (Å²) in [5.41, 5.74) is 1.76. The standard InChI is InChI=1S/C19H20I2O3/c1-11(2)5-4-10-23-15-9-7-13-12-6-8-14(22-3)16(20)18(12)24-19(13)17(15)21/h6-9,11H,4-5,10H2,1-3H3. The molecule has 128 valence electrons. The molecule has 0 radical (unpaired) electrons.